The Morgan fingerprint density at radius 1 is 1.39 bits per heavy atom. The van der Waals surface area contributed by atoms with Gasteiger partial charge in [0, 0.05) is 36.9 Å². The number of hydrogen-bond donors (Lipinski definition) is 0. The standard InChI is InChI=1S/C13H18ClN3O/c1-9-8-16(6-4-11(9)14)12-13(18)17(7-5-15-12)10-2-3-10/h5,7,9-11H,2-4,6,8H2,1H3. The van der Waals surface area contributed by atoms with Crippen LogP contribution in [0, 0.1) is 5.92 Å². The maximum Gasteiger partial charge on any atom is 0.293 e. The van der Waals surface area contributed by atoms with E-state index in [0.29, 0.717) is 17.8 Å². The fraction of sp³-hybridized carbons (Fsp3) is 0.692. The van der Waals surface area contributed by atoms with Crippen LogP contribution in [-0.2, 0) is 0 Å². The topological polar surface area (TPSA) is 38.1 Å². The number of anilines is 1. The van der Waals surface area contributed by atoms with E-state index in [4.69, 9.17) is 11.6 Å². The molecule has 0 spiro atoms. The number of nitrogens with zero attached hydrogens (tertiary/aromatic N) is 3. The molecule has 1 aromatic heterocycles. The molecule has 2 atom stereocenters. The summed E-state index contributed by atoms with van der Waals surface area (Å²) in [6.45, 7) is 3.78. The number of alkyl halides is 1. The molecule has 2 fully saturated rings. The van der Waals surface area contributed by atoms with Crippen LogP contribution in [0.25, 0.3) is 0 Å². The monoisotopic (exact) mass is 267 g/mol. The van der Waals surface area contributed by atoms with Crippen molar-refractivity contribution in [2.24, 2.45) is 5.92 Å². The third-order valence-electron chi connectivity index (χ3n) is 3.89. The lowest BCUT2D eigenvalue weighted by atomic mass is 10.00. The van der Waals surface area contributed by atoms with Crippen LogP contribution in [0.1, 0.15) is 32.2 Å². The van der Waals surface area contributed by atoms with Crippen molar-refractivity contribution in [3.05, 3.63) is 22.7 Å². The Morgan fingerprint density at radius 3 is 2.83 bits per heavy atom. The molecular weight excluding hydrogens is 250 g/mol. The molecule has 18 heavy (non-hydrogen) atoms. The molecule has 0 bridgehead atoms. The van der Waals surface area contributed by atoms with Gasteiger partial charge in [-0.2, -0.15) is 0 Å². The molecular formula is C13H18ClN3O. The Bertz CT molecular complexity index is 497. The smallest absolute Gasteiger partial charge is 0.293 e. The van der Waals surface area contributed by atoms with Crippen molar-refractivity contribution < 1.29 is 0 Å². The summed E-state index contributed by atoms with van der Waals surface area (Å²) in [4.78, 5) is 18.7. The Kier molecular flexibility index (Phi) is 3.06. The maximum atomic E-state index is 12.4. The zero-order chi connectivity index (χ0) is 12.7. The first kappa shape index (κ1) is 12.0. The van der Waals surface area contributed by atoms with Gasteiger partial charge in [0.2, 0.25) is 0 Å². The molecule has 0 amide bonds. The Morgan fingerprint density at radius 2 is 2.17 bits per heavy atom. The van der Waals surface area contributed by atoms with Crippen LogP contribution in [0.5, 0.6) is 0 Å². The number of rotatable bonds is 2. The van der Waals surface area contributed by atoms with E-state index in [-0.39, 0.29) is 10.9 Å². The first-order chi connectivity index (χ1) is 8.66. The van der Waals surface area contributed by atoms with E-state index in [1.807, 2.05) is 4.57 Å². The molecule has 98 valence electrons. The predicted octanol–water partition coefficient (Wildman–Crippen LogP) is 2.03. The number of halogens is 1. The molecule has 2 unspecified atom stereocenters. The van der Waals surface area contributed by atoms with Crippen molar-refractivity contribution in [1.82, 2.24) is 9.55 Å². The summed E-state index contributed by atoms with van der Waals surface area (Å²) in [6.07, 6.45) is 6.70. The largest absolute Gasteiger partial charge is 0.352 e. The maximum absolute atomic E-state index is 12.4. The van der Waals surface area contributed by atoms with Crippen molar-refractivity contribution in [2.75, 3.05) is 18.0 Å². The van der Waals surface area contributed by atoms with E-state index < -0.39 is 0 Å². The second-order valence-corrected chi connectivity index (χ2v) is 5.98. The van der Waals surface area contributed by atoms with Crippen LogP contribution in [0.2, 0.25) is 0 Å². The number of piperidine rings is 1. The highest BCUT2D eigenvalue weighted by atomic mass is 35.5. The van der Waals surface area contributed by atoms with Crippen LogP contribution in [0.4, 0.5) is 5.82 Å². The quantitative estimate of drug-likeness (QED) is 0.770. The molecule has 2 aliphatic rings. The van der Waals surface area contributed by atoms with Gasteiger partial charge >= 0.3 is 0 Å². The van der Waals surface area contributed by atoms with Gasteiger partial charge < -0.3 is 9.47 Å². The molecule has 0 radical (unpaired) electrons. The van der Waals surface area contributed by atoms with Gasteiger partial charge in [-0.05, 0) is 25.2 Å². The lowest BCUT2D eigenvalue weighted by Crippen LogP contribution is -2.43. The Balaban J connectivity index is 1.88. The van der Waals surface area contributed by atoms with E-state index in [2.05, 4.69) is 16.8 Å². The predicted molar refractivity (Wildman–Crippen MR) is 72.4 cm³/mol. The molecule has 0 aromatic carbocycles. The molecule has 1 saturated carbocycles. The van der Waals surface area contributed by atoms with Crippen LogP contribution in [-0.4, -0.2) is 28.0 Å². The lowest BCUT2D eigenvalue weighted by molar-refractivity contribution is 0.450. The van der Waals surface area contributed by atoms with Gasteiger partial charge in [-0.25, -0.2) is 4.98 Å². The molecule has 1 aliphatic carbocycles. The highest BCUT2D eigenvalue weighted by Gasteiger charge is 2.29. The summed E-state index contributed by atoms with van der Waals surface area (Å²) in [5.74, 6) is 0.996. The third-order valence-corrected chi connectivity index (χ3v) is 4.54. The highest BCUT2D eigenvalue weighted by molar-refractivity contribution is 6.20. The average molecular weight is 268 g/mol. The van der Waals surface area contributed by atoms with Crippen LogP contribution in [0.3, 0.4) is 0 Å². The van der Waals surface area contributed by atoms with Crippen molar-refractivity contribution in [3.63, 3.8) is 0 Å². The molecule has 1 aromatic rings. The first-order valence-corrected chi connectivity index (χ1v) is 7.06. The zero-order valence-corrected chi connectivity index (χ0v) is 11.3. The minimum atomic E-state index is 0.0558. The van der Waals surface area contributed by atoms with Gasteiger partial charge in [0.1, 0.15) is 0 Å². The summed E-state index contributed by atoms with van der Waals surface area (Å²) in [6, 6.07) is 0.405. The SMILES string of the molecule is CC1CN(c2nccn(C3CC3)c2=O)CCC1Cl. The molecule has 2 heterocycles. The molecule has 3 rings (SSSR count). The molecule has 1 aliphatic heterocycles. The van der Waals surface area contributed by atoms with Crippen LogP contribution in [0.15, 0.2) is 17.2 Å². The number of aromatic nitrogens is 2. The summed E-state index contributed by atoms with van der Waals surface area (Å²) in [7, 11) is 0. The van der Waals surface area contributed by atoms with Gasteiger partial charge in [-0.3, -0.25) is 4.79 Å². The summed E-state index contributed by atoms with van der Waals surface area (Å²) >= 11 is 6.22. The minimum Gasteiger partial charge on any atom is -0.352 e. The van der Waals surface area contributed by atoms with E-state index in [0.717, 1.165) is 32.4 Å². The molecule has 1 saturated heterocycles. The van der Waals surface area contributed by atoms with Gasteiger partial charge in [-0.1, -0.05) is 6.92 Å². The molecule has 5 heteroatoms. The van der Waals surface area contributed by atoms with E-state index in [1.54, 1.807) is 12.4 Å². The van der Waals surface area contributed by atoms with Crippen molar-refractivity contribution in [2.45, 2.75) is 37.6 Å². The number of hydrogen-bond acceptors (Lipinski definition) is 3. The second kappa shape index (κ2) is 4.57. The summed E-state index contributed by atoms with van der Waals surface area (Å²) < 4.78 is 1.83. The second-order valence-electron chi connectivity index (χ2n) is 5.42. The van der Waals surface area contributed by atoms with Crippen molar-refractivity contribution in [3.8, 4) is 0 Å². The van der Waals surface area contributed by atoms with E-state index in [1.165, 1.54) is 0 Å². The minimum absolute atomic E-state index is 0.0558. The molecule has 0 N–H and O–H groups in total. The van der Waals surface area contributed by atoms with Crippen LogP contribution >= 0.6 is 11.6 Å². The molecule has 4 nitrogen and oxygen atoms in total. The van der Waals surface area contributed by atoms with Crippen molar-refractivity contribution >= 4 is 17.4 Å². The highest BCUT2D eigenvalue weighted by Crippen LogP contribution is 2.33. The average Bonchev–Trinajstić information content (AvgIpc) is 3.17. The lowest BCUT2D eigenvalue weighted by Gasteiger charge is -2.34. The third kappa shape index (κ3) is 2.14. The van der Waals surface area contributed by atoms with Crippen molar-refractivity contribution in [1.29, 1.82) is 0 Å². The summed E-state index contributed by atoms with van der Waals surface area (Å²) in [5.41, 5.74) is 0.0558. The van der Waals surface area contributed by atoms with Gasteiger partial charge in [-0.15, -0.1) is 11.6 Å². The van der Waals surface area contributed by atoms with Crippen LogP contribution < -0.4 is 10.5 Å². The van der Waals surface area contributed by atoms with E-state index >= 15 is 0 Å². The Hall–Kier alpha value is -1.03. The Labute approximate surface area is 112 Å². The zero-order valence-electron chi connectivity index (χ0n) is 10.6. The summed E-state index contributed by atoms with van der Waals surface area (Å²) in [5, 5.41) is 0.218. The normalized spacial score (nSPS) is 28.4. The van der Waals surface area contributed by atoms with E-state index in [9.17, 15) is 4.79 Å². The first-order valence-electron chi connectivity index (χ1n) is 6.63. The van der Waals surface area contributed by atoms with Gasteiger partial charge in [0.15, 0.2) is 5.82 Å². The fourth-order valence-corrected chi connectivity index (χ4v) is 2.76. The van der Waals surface area contributed by atoms with Gasteiger partial charge in [0.25, 0.3) is 5.56 Å². The fourth-order valence-electron chi connectivity index (χ4n) is 2.58. The van der Waals surface area contributed by atoms with Gasteiger partial charge in [0.05, 0.1) is 0 Å².